The highest BCUT2D eigenvalue weighted by molar-refractivity contribution is 6.74. The second kappa shape index (κ2) is 14.4. The van der Waals surface area contributed by atoms with Gasteiger partial charge in [0.25, 0.3) is 0 Å². The Kier molecular flexibility index (Phi) is 10.6. The molecule has 0 spiro atoms. The fourth-order valence-electron chi connectivity index (χ4n) is 5.20. The van der Waals surface area contributed by atoms with Crippen LogP contribution in [-0.4, -0.2) is 54.3 Å². The van der Waals surface area contributed by atoms with E-state index in [1.807, 2.05) is 29.1 Å². The molecule has 0 radical (unpaired) electrons. The minimum absolute atomic E-state index is 0.0537. The van der Waals surface area contributed by atoms with E-state index in [9.17, 15) is 0 Å². The number of rotatable bonds is 14. The molecule has 1 saturated heterocycles. The van der Waals surface area contributed by atoms with Gasteiger partial charge in [-0.2, -0.15) is 10.2 Å². The molecule has 5 rings (SSSR count). The monoisotopic (exact) mass is 618 g/mol. The van der Waals surface area contributed by atoms with Gasteiger partial charge in [-0.25, -0.2) is 4.68 Å². The van der Waals surface area contributed by atoms with Crippen LogP contribution in [0.3, 0.4) is 0 Å². The van der Waals surface area contributed by atoms with Gasteiger partial charge in [-0.1, -0.05) is 51.1 Å². The summed E-state index contributed by atoms with van der Waals surface area (Å²) in [5, 5.41) is 11.1. The third-order valence-electron chi connectivity index (χ3n) is 8.98. The van der Waals surface area contributed by atoms with Gasteiger partial charge in [0.1, 0.15) is 11.4 Å². The standard InChI is InChI=1S/C35H50N4O4Si/c1-27(18-22-40-19-12-20-41-26-28-13-8-7-9-14-28)38-25-29(24-36-38)34-31-23-30(43-44(5,6)35(2,3)4)16-17-32(31)39(37-34)33-15-10-11-21-42-33/h7-9,13-14,16-17,23-25,27,33H,10-12,15,18-22,26H2,1-6H3. The fourth-order valence-corrected chi connectivity index (χ4v) is 6.22. The molecule has 1 aliphatic heterocycles. The van der Waals surface area contributed by atoms with E-state index < -0.39 is 8.32 Å². The number of ether oxygens (including phenoxy) is 3. The lowest BCUT2D eigenvalue weighted by Gasteiger charge is -2.36. The van der Waals surface area contributed by atoms with Crippen LogP contribution in [-0.2, 0) is 20.8 Å². The molecule has 0 amide bonds. The molecule has 0 saturated carbocycles. The second-order valence-corrected chi connectivity index (χ2v) is 18.2. The van der Waals surface area contributed by atoms with Gasteiger partial charge >= 0.3 is 0 Å². The van der Waals surface area contributed by atoms with Crippen molar-refractivity contribution in [1.82, 2.24) is 19.6 Å². The van der Waals surface area contributed by atoms with Crippen molar-refractivity contribution in [1.29, 1.82) is 0 Å². The van der Waals surface area contributed by atoms with Crippen molar-refractivity contribution in [2.45, 2.75) is 96.8 Å². The summed E-state index contributed by atoms with van der Waals surface area (Å²) >= 11 is 0. The molecule has 9 heteroatoms. The minimum Gasteiger partial charge on any atom is -0.543 e. The molecule has 2 atom stereocenters. The first-order valence-corrected chi connectivity index (χ1v) is 19.1. The molecular formula is C35H50N4O4Si. The van der Waals surface area contributed by atoms with Crippen LogP contribution in [0.2, 0.25) is 18.1 Å². The molecule has 44 heavy (non-hydrogen) atoms. The quantitative estimate of drug-likeness (QED) is 0.104. The molecule has 2 unspecified atom stereocenters. The van der Waals surface area contributed by atoms with Crippen molar-refractivity contribution in [2.75, 3.05) is 26.4 Å². The Morgan fingerprint density at radius 3 is 2.57 bits per heavy atom. The summed E-state index contributed by atoms with van der Waals surface area (Å²) in [5.74, 6) is 0.901. The highest BCUT2D eigenvalue weighted by Crippen LogP contribution is 2.40. The second-order valence-electron chi connectivity index (χ2n) is 13.5. The highest BCUT2D eigenvalue weighted by Gasteiger charge is 2.39. The Morgan fingerprint density at radius 2 is 1.82 bits per heavy atom. The van der Waals surface area contributed by atoms with Crippen molar-refractivity contribution < 1.29 is 18.6 Å². The van der Waals surface area contributed by atoms with Crippen LogP contribution in [0.1, 0.15) is 77.6 Å². The van der Waals surface area contributed by atoms with E-state index in [-0.39, 0.29) is 17.3 Å². The van der Waals surface area contributed by atoms with Crippen molar-refractivity contribution in [3.05, 3.63) is 66.5 Å². The van der Waals surface area contributed by atoms with Crippen LogP contribution in [0.15, 0.2) is 60.9 Å². The topological polar surface area (TPSA) is 72.6 Å². The largest absolute Gasteiger partial charge is 0.543 e. The predicted octanol–water partition coefficient (Wildman–Crippen LogP) is 8.56. The Hall–Kier alpha value is -2.98. The summed E-state index contributed by atoms with van der Waals surface area (Å²) in [7, 11) is -1.99. The van der Waals surface area contributed by atoms with E-state index in [0.717, 1.165) is 66.6 Å². The molecule has 1 fully saturated rings. The first kappa shape index (κ1) is 32.4. The lowest BCUT2D eigenvalue weighted by Crippen LogP contribution is -2.43. The van der Waals surface area contributed by atoms with Gasteiger partial charge in [0, 0.05) is 43.6 Å². The Balaban J connectivity index is 1.23. The predicted molar refractivity (Wildman–Crippen MR) is 178 cm³/mol. The average molecular weight is 619 g/mol. The van der Waals surface area contributed by atoms with Crippen LogP contribution in [0.25, 0.3) is 22.2 Å². The summed E-state index contributed by atoms with van der Waals surface area (Å²) in [6.07, 6.45) is 8.95. The molecule has 2 aromatic carbocycles. The summed E-state index contributed by atoms with van der Waals surface area (Å²) in [6, 6.07) is 16.9. The molecule has 1 aliphatic rings. The maximum atomic E-state index is 6.70. The lowest BCUT2D eigenvalue weighted by molar-refractivity contribution is -0.0365. The molecular weight excluding hydrogens is 568 g/mol. The Morgan fingerprint density at radius 1 is 1.02 bits per heavy atom. The van der Waals surface area contributed by atoms with Crippen molar-refractivity contribution in [2.24, 2.45) is 0 Å². The van der Waals surface area contributed by atoms with Gasteiger partial charge in [-0.05, 0) is 80.9 Å². The Bertz CT molecular complexity index is 1470. The SMILES string of the molecule is CC(CCOCCCOCc1ccccc1)n1cc(-c2nn(C3CCCCO3)c3ccc(O[Si](C)(C)C(C)(C)C)cc23)cn1. The van der Waals surface area contributed by atoms with Gasteiger partial charge in [-0.3, -0.25) is 4.68 Å². The molecule has 8 nitrogen and oxygen atoms in total. The first-order chi connectivity index (χ1) is 21.1. The van der Waals surface area contributed by atoms with Gasteiger partial charge in [-0.15, -0.1) is 0 Å². The normalized spacial score (nSPS) is 16.8. The van der Waals surface area contributed by atoms with E-state index in [1.165, 1.54) is 5.56 Å². The van der Waals surface area contributed by atoms with Gasteiger partial charge in [0.15, 0.2) is 6.23 Å². The number of aromatic nitrogens is 4. The zero-order valence-corrected chi connectivity index (χ0v) is 28.4. The minimum atomic E-state index is -1.99. The van der Waals surface area contributed by atoms with Crippen LogP contribution in [0.4, 0.5) is 0 Å². The average Bonchev–Trinajstić information content (AvgIpc) is 3.64. The maximum absolute atomic E-state index is 6.70. The number of hydrogen-bond acceptors (Lipinski definition) is 6. The summed E-state index contributed by atoms with van der Waals surface area (Å²) in [6.45, 7) is 17.0. The third-order valence-corrected chi connectivity index (χ3v) is 13.3. The summed E-state index contributed by atoms with van der Waals surface area (Å²) in [4.78, 5) is 0. The van der Waals surface area contributed by atoms with Gasteiger partial charge < -0.3 is 18.6 Å². The molecule has 238 valence electrons. The van der Waals surface area contributed by atoms with E-state index in [2.05, 4.69) is 82.0 Å². The van der Waals surface area contributed by atoms with Crippen molar-refractivity contribution in [3.8, 4) is 17.0 Å². The van der Waals surface area contributed by atoms with Crippen LogP contribution < -0.4 is 4.43 Å². The van der Waals surface area contributed by atoms with Gasteiger partial charge in [0.2, 0.25) is 8.32 Å². The fraction of sp³-hybridized carbons (Fsp3) is 0.543. The molecule has 3 heterocycles. The number of hydrogen-bond donors (Lipinski definition) is 0. The van der Waals surface area contributed by atoms with E-state index in [0.29, 0.717) is 26.4 Å². The summed E-state index contributed by atoms with van der Waals surface area (Å²) in [5.41, 5.74) is 4.18. The first-order valence-electron chi connectivity index (χ1n) is 16.2. The molecule has 4 aromatic rings. The van der Waals surface area contributed by atoms with Crippen LogP contribution in [0, 0.1) is 0 Å². The maximum Gasteiger partial charge on any atom is 0.250 e. The molecule has 2 aromatic heterocycles. The number of nitrogens with zero attached hydrogens (tertiary/aromatic N) is 4. The number of fused-ring (bicyclic) bond motifs is 1. The van der Waals surface area contributed by atoms with Crippen LogP contribution >= 0.6 is 0 Å². The van der Waals surface area contributed by atoms with E-state index in [1.54, 1.807) is 0 Å². The lowest BCUT2D eigenvalue weighted by atomic mass is 10.1. The van der Waals surface area contributed by atoms with Crippen molar-refractivity contribution >= 4 is 19.2 Å². The highest BCUT2D eigenvalue weighted by atomic mass is 28.4. The zero-order chi connectivity index (χ0) is 31.2. The number of benzene rings is 2. The van der Waals surface area contributed by atoms with E-state index >= 15 is 0 Å². The molecule has 0 aliphatic carbocycles. The van der Waals surface area contributed by atoms with Gasteiger partial charge in [0.05, 0.1) is 24.4 Å². The summed E-state index contributed by atoms with van der Waals surface area (Å²) < 4.78 is 28.6. The smallest absolute Gasteiger partial charge is 0.250 e. The zero-order valence-electron chi connectivity index (χ0n) is 27.4. The Labute approximate surface area is 263 Å². The van der Waals surface area contributed by atoms with E-state index in [4.69, 9.17) is 28.8 Å². The molecule has 0 N–H and O–H groups in total. The molecule has 0 bridgehead atoms. The van der Waals surface area contributed by atoms with Crippen LogP contribution in [0.5, 0.6) is 5.75 Å². The third kappa shape index (κ3) is 7.99. The van der Waals surface area contributed by atoms with Crippen molar-refractivity contribution in [3.63, 3.8) is 0 Å².